The molecule has 0 atom stereocenters. The fourth-order valence-electron chi connectivity index (χ4n) is 34.6. The van der Waals surface area contributed by atoms with Gasteiger partial charge in [0.25, 0.3) is 0 Å². The van der Waals surface area contributed by atoms with Gasteiger partial charge in [-0.1, -0.05) is 0 Å². The van der Waals surface area contributed by atoms with Crippen LogP contribution >= 0.6 is 0 Å². The van der Waals surface area contributed by atoms with Crippen molar-refractivity contribution in [2.24, 2.45) is 0 Å². The Balaban J connectivity index is 17.4. The van der Waals surface area contributed by atoms with Crippen LogP contribution in [0.5, 0.6) is 0 Å². The van der Waals surface area contributed by atoms with Crippen molar-refractivity contribution in [3.63, 3.8) is 0 Å². The third-order valence-electron chi connectivity index (χ3n) is 32.2. The van der Waals surface area contributed by atoms with Gasteiger partial charge < -0.3 is 0 Å². The van der Waals surface area contributed by atoms with Gasteiger partial charge in [-0.15, -0.1) is 0 Å². The van der Waals surface area contributed by atoms with E-state index in [2.05, 4.69) is 374 Å². The molecule has 0 fully saturated rings. The molecule has 0 aromatic carbocycles. The van der Waals surface area contributed by atoms with Gasteiger partial charge in [0.05, 0.1) is 0 Å². The standard InChI is InChI=1S/3C28H63Si3.Cr/c3*1-19(2)29(20(3)4,21(5)6)28(30(22(7)8,23(9)10)24(11)12)31(25(13)14,26(15)16)27(17)18;/h3*19-27H,1-18H3;/q;;;+3. The first kappa shape index (κ1) is 96.5. The Morgan fingerprint density at radius 2 is 0.149 bits per heavy atom. The molecule has 0 saturated carbocycles. The molecule has 0 heterocycles. The molecule has 0 rings (SSSR count). The van der Waals surface area contributed by atoms with Crippen LogP contribution in [0.15, 0.2) is 0 Å². The van der Waals surface area contributed by atoms with E-state index < -0.39 is 86.8 Å². The minimum absolute atomic E-state index is 0.242. The van der Waals surface area contributed by atoms with Gasteiger partial charge in [-0.3, -0.25) is 0 Å². The van der Waals surface area contributed by atoms with Crippen molar-refractivity contribution in [1.82, 2.24) is 0 Å². The van der Waals surface area contributed by atoms with E-state index in [0.717, 1.165) is 0 Å². The fourth-order valence-corrected chi connectivity index (χ4v) is 239. The van der Waals surface area contributed by atoms with Crippen molar-refractivity contribution in [1.29, 1.82) is 0 Å². The zero-order chi connectivity index (χ0) is 76.2. The SMILES string of the molecule is CC(C)[Si](C(C)C)(C(C)C)[C]([Cr+3]([C]([Si](C(C)C)(C(C)C)C(C)C)([Si](C(C)C)(C(C)C)C(C)C)[Si](C(C)C)(C(C)C)C(C)C)[C]([Si](C(C)C)(C(C)C)C(C)C)([Si](C(C)C)(C(C)C)C(C)C)[Si](C(C)C)(C(C)C)C(C)C)([Si](C(C)C)(C(C)C)C(C)C)[Si](C(C)C)(C(C)C)C(C)C. The van der Waals surface area contributed by atoms with E-state index in [4.69, 9.17) is 0 Å². The van der Waals surface area contributed by atoms with Gasteiger partial charge >= 0.3 is 620 Å². The third-order valence-corrected chi connectivity index (χ3v) is 143. The Kier molecular flexibility index (Phi) is 34.8. The van der Waals surface area contributed by atoms with Crippen LogP contribution in [0.3, 0.4) is 0 Å². The predicted octanol–water partition coefficient (Wildman–Crippen LogP) is 34.0. The van der Waals surface area contributed by atoms with Crippen LogP contribution < -0.4 is 0 Å². The van der Waals surface area contributed by atoms with Gasteiger partial charge in [0.2, 0.25) is 0 Å². The molecule has 0 bridgehead atoms. The van der Waals surface area contributed by atoms with Gasteiger partial charge in [0.15, 0.2) is 0 Å². The molecule has 0 aromatic heterocycles. The Morgan fingerprint density at radius 3 is 0.181 bits per heavy atom. The number of hydrogen-bond donors (Lipinski definition) is 0. The van der Waals surface area contributed by atoms with Crippen molar-refractivity contribution in [3.05, 3.63) is 0 Å². The average molecular weight is 1500 g/mol. The maximum atomic E-state index is 3.09. The van der Waals surface area contributed by atoms with E-state index in [0.29, 0.717) is 150 Å². The summed E-state index contributed by atoms with van der Waals surface area (Å²) in [7, 11) is -27.2. The Morgan fingerprint density at radius 1 is 0.106 bits per heavy atom. The van der Waals surface area contributed by atoms with Crippen LogP contribution in [0.2, 0.25) is 159 Å². The van der Waals surface area contributed by atoms with Crippen LogP contribution in [-0.2, 0) is 14.1 Å². The van der Waals surface area contributed by atoms with Crippen LogP contribution in [0.4, 0.5) is 0 Å². The maximum absolute atomic E-state index is 3.09. The molecule has 564 valence electrons. The molecule has 0 saturated heterocycles. The minimum atomic E-state index is -3.02. The molecular weight excluding hydrogens is 1310 g/mol. The summed E-state index contributed by atoms with van der Waals surface area (Å²) in [5.74, 6) is 0. The topological polar surface area (TPSA) is 0 Å². The van der Waals surface area contributed by atoms with Gasteiger partial charge in [0, 0.05) is 0 Å². The predicted molar refractivity (Wildman–Crippen MR) is 468 cm³/mol. The molecule has 0 nitrogen and oxygen atoms in total. The summed E-state index contributed by atoms with van der Waals surface area (Å²) in [6.45, 7) is 167. The van der Waals surface area contributed by atoms with E-state index in [9.17, 15) is 0 Å². The molecule has 0 aliphatic heterocycles. The Hall–Kier alpha value is 2.48. The Bertz CT molecular complexity index is 1570. The third kappa shape index (κ3) is 11.9. The second-order valence-electron chi connectivity index (χ2n) is 41.9. The summed E-state index contributed by atoms with van der Waals surface area (Å²) in [6.07, 6.45) is 0. The summed E-state index contributed by atoms with van der Waals surface area (Å²) in [5, 5.41) is 0. The van der Waals surface area contributed by atoms with E-state index in [-0.39, 0.29) is 9.44 Å². The summed E-state index contributed by atoms with van der Waals surface area (Å²) in [6, 6.07) is 0. The summed E-state index contributed by atoms with van der Waals surface area (Å²) >= 11 is -2.70. The summed E-state index contributed by atoms with van der Waals surface area (Å²) in [4.78, 5) is 0. The van der Waals surface area contributed by atoms with E-state index in [1.807, 2.05) is 0 Å². The number of rotatable bonds is 39. The quantitative estimate of drug-likeness (QED) is 0.0538. The molecule has 0 amide bonds. The number of hydrogen-bond acceptors (Lipinski definition) is 0. The Labute approximate surface area is 614 Å². The first-order valence-electron chi connectivity index (χ1n) is 41.8. The molecule has 0 spiro atoms. The second kappa shape index (κ2) is 33.9. The van der Waals surface area contributed by atoms with Crippen LogP contribution in [0, 0.1) is 0 Å². The van der Waals surface area contributed by atoms with E-state index >= 15 is 0 Å². The van der Waals surface area contributed by atoms with E-state index in [1.54, 1.807) is 0 Å². The molecule has 0 aliphatic rings. The van der Waals surface area contributed by atoms with E-state index in [1.165, 1.54) is 0 Å². The average Bonchev–Trinajstić information content (AvgIpc) is 3.32. The van der Waals surface area contributed by atoms with Crippen molar-refractivity contribution >= 4 is 72.7 Å². The van der Waals surface area contributed by atoms with Crippen molar-refractivity contribution in [2.45, 2.75) is 533 Å². The van der Waals surface area contributed by atoms with Gasteiger partial charge in [0.1, 0.15) is 0 Å². The zero-order valence-corrected chi connectivity index (χ0v) is 86.3. The normalized spacial score (nSPS) is 15.8. The van der Waals surface area contributed by atoms with Crippen molar-refractivity contribution < 1.29 is 14.1 Å². The molecule has 0 N–H and O–H groups in total. The molecule has 0 radical (unpaired) electrons. The molecule has 0 unspecified atom stereocenters. The molecule has 0 aliphatic carbocycles. The molecule has 10 heteroatoms. The first-order chi connectivity index (χ1) is 42.1. The molecule has 94 heavy (non-hydrogen) atoms. The monoisotopic (exact) mass is 1500 g/mol. The molecule has 0 aromatic rings. The van der Waals surface area contributed by atoms with Gasteiger partial charge in [-0.2, -0.15) is 0 Å². The fraction of sp³-hybridized carbons (Fsp3) is 1.00. The summed E-state index contributed by atoms with van der Waals surface area (Å²) < 4.78 is 0.726. The van der Waals surface area contributed by atoms with Crippen LogP contribution in [0.1, 0.15) is 374 Å². The zero-order valence-electron chi connectivity index (χ0n) is 76.0. The van der Waals surface area contributed by atoms with Crippen LogP contribution in [-0.4, -0.2) is 72.7 Å². The summed E-state index contributed by atoms with van der Waals surface area (Å²) in [5.41, 5.74) is 17.0. The van der Waals surface area contributed by atoms with Crippen LogP contribution in [0.25, 0.3) is 0 Å². The van der Waals surface area contributed by atoms with Crippen molar-refractivity contribution in [3.8, 4) is 0 Å². The molecular formula is C84H189CrSi9+3. The van der Waals surface area contributed by atoms with Crippen molar-refractivity contribution in [2.75, 3.05) is 0 Å². The van der Waals surface area contributed by atoms with Gasteiger partial charge in [-0.25, -0.2) is 0 Å². The van der Waals surface area contributed by atoms with Gasteiger partial charge in [-0.05, 0) is 0 Å². The second-order valence-corrected chi connectivity index (χ2v) is 110. The first-order valence-corrected chi connectivity index (χ1v) is 63.8.